The van der Waals surface area contributed by atoms with Crippen LogP contribution >= 0.6 is 0 Å². The van der Waals surface area contributed by atoms with Crippen molar-refractivity contribution >= 4 is 23.9 Å². The monoisotopic (exact) mass is 370 g/mol. The van der Waals surface area contributed by atoms with E-state index in [1.165, 1.54) is 6.92 Å². The second-order valence-corrected chi connectivity index (χ2v) is 6.42. The number of rotatable bonds is 8. The van der Waals surface area contributed by atoms with Crippen LogP contribution in [0.25, 0.3) is 0 Å². The van der Waals surface area contributed by atoms with Crippen molar-refractivity contribution in [2.24, 2.45) is 22.4 Å². The number of carbonyl (C=O) groups excluding carboxylic acids is 2. The summed E-state index contributed by atoms with van der Waals surface area (Å²) in [5, 5.41) is 12.0. The molecule has 1 aliphatic rings. The summed E-state index contributed by atoms with van der Waals surface area (Å²) in [4.78, 5) is 43.0. The number of nitrogens with one attached hydrogen (secondary N) is 1. The summed E-state index contributed by atoms with van der Waals surface area (Å²) in [5.41, 5.74) is 10.9. The third-order valence-electron chi connectivity index (χ3n) is 4.45. The molecule has 1 rings (SSSR count). The van der Waals surface area contributed by atoms with E-state index in [0.29, 0.717) is 13.1 Å². The van der Waals surface area contributed by atoms with Gasteiger partial charge in [-0.2, -0.15) is 0 Å². The first-order chi connectivity index (χ1) is 12.2. The van der Waals surface area contributed by atoms with E-state index in [2.05, 4.69) is 10.3 Å². The van der Waals surface area contributed by atoms with Crippen molar-refractivity contribution < 1.29 is 19.5 Å². The fourth-order valence-electron chi connectivity index (χ4n) is 3.16. The Morgan fingerprint density at radius 1 is 1.31 bits per heavy atom. The van der Waals surface area contributed by atoms with Gasteiger partial charge < -0.3 is 31.7 Å². The van der Waals surface area contributed by atoms with Gasteiger partial charge in [0.2, 0.25) is 11.8 Å². The molecule has 0 aliphatic carbocycles. The maximum atomic E-state index is 13.0. The van der Waals surface area contributed by atoms with E-state index in [9.17, 15) is 19.5 Å². The first-order valence-electron chi connectivity index (χ1n) is 8.83. The highest BCUT2D eigenvalue weighted by Crippen LogP contribution is 2.25. The van der Waals surface area contributed by atoms with E-state index in [0.717, 1.165) is 17.7 Å². The predicted molar refractivity (Wildman–Crippen MR) is 97.5 cm³/mol. The topological polar surface area (TPSA) is 154 Å². The van der Waals surface area contributed by atoms with Crippen LogP contribution in [0.5, 0.6) is 0 Å². The molecule has 0 bridgehead atoms. The second kappa shape index (κ2) is 9.83. The molecule has 1 saturated heterocycles. The quantitative estimate of drug-likeness (QED) is 0.330. The van der Waals surface area contributed by atoms with Crippen LogP contribution in [-0.2, 0) is 9.59 Å². The lowest BCUT2D eigenvalue weighted by Crippen LogP contribution is -2.54. The number of guanidine groups is 1. The summed E-state index contributed by atoms with van der Waals surface area (Å²) in [6.07, 6.45) is 0.660. The summed E-state index contributed by atoms with van der Waals surface area (Å²) in [6.45, 7) is 6.43. The van der Waals surface area contributed by atoms with Gasteiger partial charge in [-0.15, -0.1) is 0 Å². The van der Waals surface area contributed by atoms with Gasteiger partial charge in [-0.05, 0) is 13.3 Å². The molecule has 0 aromatic carbocycles. The van der Waals surface area contributed by atoms with Gasteiger partial charge in [0.1, 0.15) is 6.04 Å². The Kier molecular flexibility index (Phi) is 8.14. The van der Waals surface area contributed by atoms with E-state index in [1.54, 1.807) is 4.90 Å². The molecule has 6 N–H and O–H groups in total. The van der Waals surface area contributed by atoms with Crippen LogP contribution in [-0.4, -0.2) is 77.0 Å². The third kappa shape index (κ3) is 5.78. The number of amides is 3. The number of hydrogen-bond donors (Lipinski definition) is 4. The lowest BCUT2D eigenvalue weighted by Gasteiger charge is -2.31. The number of carbonyl (C=O) groups is 3. The molecule has 3 amide bonds. The SMILES string of the molecule is CCCCN(CC)C(=O)C(NC(C)=O)[C@H]1CN(C(=O)O)C[C@@H]1N=C(N)N. The average molecular weight is 370 g/mol. The molecule has 0 spiro atoms. The number of hydrogen-bond acceptors (Lipinski definition) is 4. The molecule has 0 aromatic heterocycles. The van der Waals surface area contributed by atoms with E-state index in [4.69, 9.17) is 11.5 Å². The largest absolute Gasteiger partial charge is 0.465 e. The zero-order chi connectivity index (χ0) is 19.9. The molecule has 1 fully saturated rings. The van der Waals surface area contributed by atoms with E-state index in [-0.39, 0.29) is 30.9 Å². The minimum Gasteiger partial charge on any atom is -0.465 e. The molecule has 0 aromatic rings. The van der Waals surface area contributed by atoms with Crippen LogP contribution in [0.1, 0.15) is 33.6 Å². The number of nitrogens with zero attached hydrogens (tertiary/aromatic N) is 3. The summed E-state index contributed by atoms with van der Waals surface area (Å²) >= 11 is 0. The van der Waals surface area contributed by atoms with Crippen molar-refractivity contribution in [2.75, 3.05) is 26.2 Å². The van der Waals surface area contributed by atoms with Crippen LogP contribution < -0.4 is 16.8 Å². The lowest BCUT2D eigenvalue weighted by molar-refractivity contribution is -0.137. The number of unbranched alkanes of at least 4 members (excludes halogenated alkanes) is 1. The molecule has 3 atom stereocenters. The van der Waals surface area contributed by atoms with Gasteiger partial charge in [0, 0.05) is 39.0 Å². The van der Waals surface area contributed by atoms with Gasteiger partial charge in [0.25, 0.3) is 0 Å². The van der Waals surface area contributed by atoms with Gasteiger partial charge in [-0.3, -0.25) is 9.59 Å². The Labute approximate surface area is 153 Å². The molecule has 148 valence electrons. The van der Waals surface area contributed by atoms with Gasteiger partial charge in [-0.25, -0.2) is 9.79 Å². The van der Waals surface area contributed by atoms with Gasteiger partial charge in [-0.1, -0.05) is 13.3 Å². The second-order valence-electron chi connectivity index (χ2n) is 6.42. The molecule has 0 saturated carbocycles. The number of likely N-dealkylation sites (tertiary alicyclic amines) is 1. The smallest absolute Gasteiger partial charge is 0.407 e. The van der Waals surface area contributed by atoms with Crippen LogP contribution in [0, 0.1) is 5.92 Å². The van der Waals surface area contributed by atoms with Gasteiger partial charge in [0.15, 0.2) is 5.96 Å². The predicted octanol–water partition coefficient (Wildman–Crippen LogP) is -0.608. The molecule has 1 aliphatic heterocycles. The number of carboxylic acid groups (broad SMARTS) is 1. The molecule has 1 heterocycles. The normalized spacial score (nSPS) is 20.3. The molecular formula is C16H30N6O4. The standard InChI is InChI=1S/C16H30N6O4/c1-4-6-7-21(5-2)14(24)13(19-10(3)23)11-8-22(16(25)26)9-12(11)20-15(17)18/h11-13H,4-9H2,1-3H3,(H,19,23)(H,25,26)(H4,17,18,20)/t11-,12-,13?/m0/s1. The first-order valence-corrected chi connectivity index (χ1v) is 8.83. The van der Waals surface area contributed by atoms with Crippen LogP contribution in [0.3, 0.4) is 0 Å². The molecule has 10 nitrogen and oxygen atoms in total. The molecule has 0 radical (unpaired) electrons. The molecule has 1 unspecified atom stereocenters. The van der Waals surface area contributed by atoms with Crippen LogP contribution in [0.15, 0.2) is 4.99 Å². The highest BCUT2D eigenvalue weighted by Gasteiger charge is 2.44. The minimum absolute atomic E-state index is 0.0683. The average Bonchev–Trinajstić information content (AvgIpc) is 2.96. The van der Waals surface area contributed by atoms with E-state index in [1.807, 2.05) is 13.8 Å². The van der Waals surface area contributed by atoms with Crippen molar-refractivity contribution in [1.29, 1.82) is 0 Å². The molecular weight excluding hydrogens is 340 g/mol. The Morgan fingerprint density at radius 2 is 1.96 bits per heavy atom. The number of likely N-dealkylation sites (N-methyl/N-ethyl adjacent to an activating group) is 1. The van der Waals surface area contributed by atoms with Crippen LogP contribution in [0.4, 0.5) is 4.79 Å². The Bertz CT molecular complexity index is 549. The van der Waals surface area contributed by atoms with Crippen molar-refractivity contribution in [3.63, 3.8) is 0 Å². The van der Waals surface area contributed by atoms with Gasteiger partial charge >= 0.3 is 6.09 Å². The highest BCUT2D eigenvalue weighted by molar-refractivity contribution is 5.87. The summed E-state index contributed by atoms with van der Waals surface area (Å²) in [6, 6.07) is -1.48. The summed E-state index contributed by atoms with van der Waals surface area (Å²) < 4.78 is 0. The van der Waals surface area contributed by atoms with Crippen molar-refractivity contribution in [3.05, 3.63) is 0 Å². The number of nitrogens with two attached hydrogens (primary N) is 2. The van der Waals surface area contributed by atoms with E-state index >= 15 is 0 Å². The van der Waals surface area contributed by atoms with Crippen LogP contribution in [0.2, 0.25) is 0 Å². The third-order valence-corrected chi connectivity index (χ3v) is 4.45. The fraction of sp³-hybridized carbons (Fsp3) is 0.750. The first kappa shape index (κ1) is 21.5. The fourth-order valence-corrected chi connectivity index (χ4v) is 3.16. The minimum atomic E-state index is -1.12. The summed E-state index contributed by atoms with van der Waals surface area (Å²) in [5.74, 6) is -1.34. The molecule has 26 heavy (non-hydrogen) atoms. The van der Waals surface area contributed by atoms with E-state index < -0.39 is 24.1 Å². The summed E-state index contributed by atoms with van der Waals surface area (Å²) in [7, 11) is 0. The maximum absolute atomic E-state index is 13.0. The van der Waals surface area contributed by atoms with Crippen molar-refractivity contribution in [2.45, 2.75) is 45.7 Å². The highest BCUT2D eigenvalue weighted by atomic mass is 16.4. The zero-order valence-corrected chi connectivity index (χ0v) is 15.6. The van der Waals surface area contributed by atoms with Crippen molar-refractivity contribution in [1.82, 2.24) is 15.1 Å². The number of aliphatic imine (C=N–C) groups is 1. The molecule has 10 heteroatoms. The Hall–Kier alpha value is -2.52. The Balaban J connectivity index is 3.14. The zero-order valence-electron chi connectivity index (χ0n) is 15.6. The Morgan fingerprint density at radius 3 is 2.42 bits per heavy atom. The maximum Gasteiger partial charge on any atom is 0.407 e. The van der Waals surface area contributed by atoms with Crippen molar-refractivity contribution in [3.8, 4) is 0 Å². The lowest BCUT2D eigenvalue weighted by atomic mass is 9.93. The van der Waals surface area contributed by atoms with Gasteiger partial charge in [0.05, 0.1) is 6.04 Å².